The van der Waals surface area contributed by atoms with Crippen LogP contribution >= 0.6 is 0 Å². The van der Waals surface area contributed by atoms with E-state index in [4.69, 9.17) is 13.9 Å². The molecule has 9 nitrogen and oxygen atoms in total. The Balaban J connectivity index is 1.38. The van der Waals surface area contributed by atoms with Crippen LogP contribution in [0.2, 0.25) is 0 Å². The second-order valence-electron chi connectivity index (χ2n) is 7.62. The van der Waals surface area contributed by atoms with Crippen LogP contribution in [0, 0.1) is 0 Å². The summed E-state index contributed by atoms with van der Waals surface area (Å²) in [7, 11) is 0. The van der Waals surface area contributed by atoms with Gasteiger partial charge in [-0.1, -0.05) is 12.1 Å². The molecule has 0 fully saturated rings. The maximum atomic E-state index is 12.9. The number of carbonyl (C=O) groups is 2. The van der Waals surface area contributed by atoms with E-state index in [2.05, 4.69) is 15.6 Å². The number of nitrogens with one attached hydrogen (secondary N) is 2. The maximum Gasteiger partial charge on any atom is 0.287 e. The molecule has 168 valence electrons. The van der Waals surface area contributed by atoms with Gasteiger partial charge in [0.25, 0.3) is 5.91 Å². The van der Waals surface area contributed by atoms with Crippen molar-refractivity contribution in [3.8, 4) is 11.5 Å². The van der Waals surface area contributed by atoms with Gasteiger partial charge >= 0.3 is 0 Å². The summed E-state index contributed by atoms with van der Waals surface area (Å²) in [6.45, 7) is 2.81. The van der Waals surface area contributed by atoms with Gasteiger partial charge in [-0.3, -0.25) is 9.59 Å². The average molecular weight is 446 g/mol. The van der Waals surface area contributed by atoms with E-state index in [-0.39, 0.29) is 24.1 Å². The molecule has 1 aliphatic rings. The number of anilines is 1. The number of aromatic nitrogens is 2. The van der Waals surface area contributed by atoms with E-state index < -0.39 is 6.04 Å². The molecule has 0 aliphatic carbocycles. The Hall–Kier alpha value is -4.27. The number of rotatable bonds is 6. The van der Waals surface area contributed by atoms with E-state index in [9.17, 15) is 9.59 Å². The summed E-state index contributed by atoms with van der Waals surface area (Å²) in [4.78, 5) is 30.1. The molecule has 1 atom stereocenters. The third-order valence-electron chi connectivity index (χ3n) is 5.29. The fourth-order valence-electron chi connectivity index (χ4n) is 3.80. The van der Waals surface area contributed by atoms with Crippen LogP contribution in [0.1, 0.15) is 29.3 Å². The average Bonchev–Trinajstić information content (AvgIpc) is 3.48. The van der Waals surface area contributed by atoms with Gasteiger partial charge in [0.15, 0.2) is 17.3 Å². The normalized spacial score (nSPS) is 13.5. The number of benzene rings is 2. The highest BCUT2D eigenvalue weighted by Gasteiger charge is 2.22. The Morgan fingerprint density at radius 2 is 1.88 bits per heavy atom. The molecule has 2 aromatic carbocycles. The van der Waals surface area contributed by atoms with Crippen molar-refractivity contribution in [1.29, 1.82) is 0 Å². The Labute approximate surface area is 189 Å². The monoisotopic (exact) mass is 446 g/mol. The smallest absolute Gasteiger partial charge is 0.287 e. The third kappa shape index (κ3) is 4.25. The van der Waals surface area contributed by atoms with Crippen molar-refractivity contribution in [1.82, 2.24) is 14.9 Å². The van der Waals surface area contributed by atoms with Crippen LogP contribution in [0.25, 0.3) is 11.0 Å². The van der Waals surface area contributed by atoms with Crippen LogP contribution in [0.5, 0.6) is 11.5 Å². The van der Waals surface area contributed by atoms with Gasteiger partial charge in [0.1, 0.15) is 25.6 Å². The molecule has 5 rings (SSSR count). The third-order valence-corrected chi connectivity index (χ3v) is 5.29. The van der Waals surface area contributed by atoms with Crippen LogP contribution in [-0.4, -0.2) is 34.6 Å². The van der Waals surface area contributed by atoms with Gasteiger partial charge in [0.05, 0.1) is 23.3 Å². The highest BCUT2D eigenvalue weighted by molar-refractivity contribution is 5.93. The molecule has 9 heteroatoms. The zero-order valence-corrected chi connectivity index (χ0v) is 17.9. The van der Waals surface area contributed by atoms with Crippen LogP contribution in [0.15, 0.2) is 65.3 Å². The first-order valence-electron chi connectivity index (χ1n) is 10.6. The second kappa shape index (κ2) is 8.70. The molecular weight excluding hydrogens is 424 g/mol. The zero-order chi connectivity index (χ0) is 22.8. The largest absolute Gasteiger partial charge is 0.486 e. The van der Waals surface area contributed by atoms with Crippen molar-refractivity contribution in [2.24, 2.45) is 0 Å². The van der Waals surface area contributed by atoms with Crippen molar-refractivity contribution in [2.45, 2.75) is 19.5 Å². The molecule has 2 N–H and O–H groups in total. The first-order chi connectivity index (χ1) is 16.1. The number of hydrogen-bond acceptors (Lipinski definition) is 6. The summed E-state index contributed by atoms with van der Waals surface area (Å²) >= 11 is 0. The molecule has 0 saturated carbocycles. The molecule has 2 aromatic heterocycles. The summed E-state index contributed by atoms with van der Waals surface area (Å²) in [6.07, 6.45) is 1.44. The Bertz CT molecular complexity index is 1310. The summed E-state index contributed by atoms with van der Waals surface area (Å²) in [5.41, 5.74) is 2.14. The molecule has 0 spiro atoms. The van der Waals surface area contributed by atoms with Gasteiger partial charge < -0.3 is 29.1 Å². The van der Waals surface area contributed by atoms with Crippen LogP contribution < -0.4 is 20.1 Å². The van der Waals surface area contributed by atoms with E-state index in [1.807, 2.05) is 31.2 Å². The van der Waals surface area contributed by atoms with Crippen molar-refractivity contribution in [3.05, 3.63) is 72.4 Å². The zero-order valence-electron chi connectivity index (χ0n) is 17.9. The molecule has 0 saturated heterocycles. The molecule has 0 bridgehead atoms. The van der Waals surface area contributed by atoms with Crippen LogP contribution in [0.4, 0.5) is 5.69 Å². The van der Waals surface area contributed by atoms with Gasteiger partial charge in [-0.15, -0.1) is 0 Å². The van der Waals surface area contributed by atoms with E-state index in [0.717, 1.165) is 11.0 Å². The molecule has 4 aromatic rings. The molecule has 33 heavy (non-hydrogen) atoms. The Morgan fingerprint density at radius 1 is 1.06 bits per heavy atom. The quantitative estimate of drug-likeness (QED) is 0.469. The first kappa shape index (κ1) is 20.6. The molecule has 2 amide bonds. The lowest BCUT2D eigenvalue weighted by molar-refractivity contribution is -0.116. The lowest BCUT2D eigenvalue weighted by Gasteiger charge is -2.19. The summed E-state index contributed by atoms with van der Waals surface area (Å²) in [5, 5.41) is 5.78. The summed E-state index contributed by atoms with van der Waals surface area (Å²) in [5.74, 6) is 1.44. The van der Waals surface area contributed by atoms with E-state index in [1.54, 1.807) is 34.9 Å². The number of hydrogen-bond donors (Lipinski definition) is 2. The number of furan rings is 1. The Kier molecular flexibility index (Phi) is 5.43. The molecule has 1 unspecified atom stereocenters. The SMILES string of the molecule is CC(NC(=O)c1ccco1)c1nc2ccccc2n1CC(=O)Nc1ccc2c(c1)OCCO2. The van der Waals surface area contributed by atoms with Gasteiger partial charge in [0, 0.05) is 11.8 Å². The van der Waals surface area contributed by atoms with Crippen LogP contribution in [-0.2, 0) is 11.3 Å². The molecule has 0 radical (unpaired) electrons. The fraction of sp³-hybridized carbons (Fsp3) is 0.208. The number of carbonyl (C=O) groups excluding carboxylic acids is 2. The maximum absolute atomic E-state index is 12.9. The number of nitrogens with zero attached hydrogens (tertiary/aromatic N) is 2. The van der Waals surface area contributed by atoms with Gasteiger partial charge in [-0.05, 0) is 43.3 Å². The van der Waals surface area contributed by atoms with Crippen molar-refractivity contribution < 1.29 is 23.5 Å². The fourth-order valence-corrected chi connectivity index (χ4v) is 3.80. The number of ether oxygens (including phenoxy) is 2. The lowest BCUT2D eigenvalue weighted by atomic mass is 10.2. The van der Waals surface area contributed by atoms with E-state index in [0.29, 0.717) is 36.2 Å². The van der Waals surface area contributed by atoms with Crippen molar-refractivity contribution in [2.75, 3.05) is 18.5 Å². The lowest BCUT2D eigenvalue weighted by Crippen LogP contribution is -2.29. The summed E-state index contributed by atoms with van der Waals surface area (Å²) in [6, 6.07) is 15.6. The highest BCUT2D eigenvalue weighted by Crippen LogP contribution is 2.32. The van der Waals surface area contributed by atoms with E-state index in [1.165, 1.54) is 6.26 Å². The molecular formula is C24H22N4O5. The molecule has 3 heterocycles. The molecule has 1 aliphatic heterocycles. The number of imidazole rings is 1. The van der Waals surface area contributed by atoms with Gasteiger partial charge in [0.2, 0.25) is 5.91 Å². The van der Waals surface area contributed by atoms with Gasteiger partial charge in [-0.2, -0.15) is 0 Å². The first-order valence-corrected chi connectivity index (χ1v) is 10.6. The van der Waals surface area contributed by atoms with Crippen molar-refractivity contribution >= 4 is 28.5 Å². The predicted octanol–water partition coefficient (Wildman–Crippen LogP) is 3.53. The van der Waals surface area contributed by atoms with E-state index >= 15 is 0 Å². The Morgan fingerprint density at radius 3 is 2.70 bits per heavy atom. The minimum absolute atomic E-state index is 0.0191. The topological polar surface area (TPSA) is 108 Å². The van der Waals surface area contributed by atoms with Crippen LogP contribution in [0.3, 0.4) is 0 Å². The number of para-hydroxylation sites is 2. The summed E-state index contributed by atoms with van der Waals surface area (Å²) < 4.78 is 18.1. The number of amides is 2. The predicted molar refractivity (Wildman–Crippen MR) is 120 cm³/mol. The minimum Gasteiger partial charge on any atom is -0.486 e. The number of fused-ring (bicyclic) bond motifs is 2. The minimum atomic E-state index is -0.461. The van der Waals surface area contributed by atoms with Gasteiger partial charge in [-0.25, -0.2) is 4.98 Å². The highest BCUT2D eigenvalue weighted by atomic mass is 16.6. The second-order valence-corrected chi connectivity index (χ2v) is 7.62. The standard InChI is InChI=1S/C24H22N4O5/c1-15(25-24(30)20-7-4-10-31-20)23-27-17-5-2-3-6-18(17)28(23)14-22(29)26-16-8-9-19-21(13-16)33-12-11-32-19/h2-10,13,15H,11-12,14H2,1H3,(H,25,30)(H,26,29). The van der Waals surface area contributed by atoms with Crippen molar-refractivity contribution in [3.63, 3.8) is 0 Å².